The van der Waals surface area contributed by atoms with Crippen molar-refractivity contribution in [3.8, 4) is 0 Å². The van der Waals surface area contributed by atoms with E-state index < -0.39 is 0 Å². The molecule has 0 radical (unpaired) electrons. The van der Waals surface area contributed by atoms with E-state index in [1.807, 2.05) is 23.8 Å². The Morgan fingerprint density at radius 1 is 1.13 bits per heavy atom. The maximum Gasteiger partial charge on any atom is 0 e. The van der Waals surface area contributed by atoms with E-state index in [2.05, 4.69) is 46.6 Å². The molecule has 4 aliphatic carbocycles. The van der Waals surface area contributed by atoms with Crippen molar-refractivity contribution in [2.24, 2.45) is 40.4 Å². The maximum atomic E-state index is 4.32. The molecule has 172 valence electrons. The zero-order valence-corrected chi connectivity index (χ0v) is 20.6. The summed E-state index contributed by atoms with van der Waals surface area (Å²) in [5.74, 6) is 4.67. The Hall–Kier alpha value is -1.30. The smallest absolute Gasteiger partial charge is 0 e. The van der Waals surface area contributed by atoms with Crippen LogP contribution in [0.5, 0.6) is 0 Å². The minimum absolute atomic E-state index is 0. The normalized spacial score (nSPS) is 42.1. The fourth-order valence-electron chi connectivity index (χ4n) is 8.59. The standard InChI is InChI=1S/C31H46.H2/c1-7-10-24(8-2)23(4)11-9-12-25-14-16-28-27-15-13-26-21-22(3)17-19-31(26,6)29(27)18-20-30(25,28)5;/h7-8,10,13,22,25,27-29H,1-2,4,9,11-12,14-21H2,3,5-6H3;1H/b24-10+;. The summed E-state index contributed by atoms with van der Waals surface area (Å²) in [4.78, 5) is 0. The third-order valence-electron chi connectivity index (χ3n) is 10.5. The van der Waals surface area contributed by atoms with Gasteiger partial charge in [0.05, 0.1) is 0 Å². The van der Waals surface area contributed by atoms with Crippen LogP contribution in [0.15, 0.2) is 60.8 Å². The first-order valence-corrected chi connectivity index (χ1v) is 13.2. The lowest BCUT2D eigenvalue weighted by Gasteiger charge is -2.58. The van der Waals surface area contributed by atoms with Crippen LogP contribution in [0.2, 0.25) is 0 Å². The Bertz CT molecular complexity index is 784. The summed E-state index contributed by atoms with van der Waals surface area (Å²) in [5.41, 5.74) is 5.32. The molecule has 0 heteroatoms. The number of fused-ring (bicyclic) bond motifs is 5. The average Bonchev–Trinajstić information content (AvgIpc) is 3.09. The molecule has 4 aliphatic rings. The summed E-state index contributed by atoms with van der Waals surface area (Å²) in [7, 11) is 0. The van der Waals surface area contributed by atoms with Gasteiger partial charge >= 0.3 is 0 Å². The lowest BCUT2D eigenvalue weighted by atomic mass is 9.47. The van der Waals surface area contributed by atoms with Crippen molar-refractivity contribution in [3.05, 3.63) is 60.8 Å². The Morgan fingerprint density at radius 2 is 1.94 bits per heavy atom. The molecular formula is C31H48. The van der Waals surface area contributed by atoms with E-state index in [1.165, 1.54) is 69.8 Å². The predicted molar refractivity (Wildman–Crippen MR) is 138 cm³/mol. The van der Waals surface area contributed by atoms with Gasteiger partial charge in [0.1, 0.15) is 0 Å². The Labute approximate surface area is 194 Å². The monoisotopic (exact) mass is 420 g/mol. The molecule has 7 unspecified atom stereocenters. The average molecular weight is 421 g/mol. The molecule has 3 fully saturated rings. The van der Waals surface area contributed by atoms with Crippen molar-refractivity contribution >= 4 is 0 Å². The quantitative estimate of drug-likeness (QED) is 0.284. The third-order valence-corrected chi connectivity index (χ3v) is 10.5. The second-order valence-corrected chi connectivity index (χ2v) is 12.0. The molecule has 0 bridgehead atoms. The second kappa shape index (κ2) is 8.92. The van der Waals surface area contributed by atoms with Gasteiger partial charge in [-0.05, 0) is 122 Å². The van der Waals surface area contributed by atoms with E-state index in [9.17, 15) is 0 Å². The van der Waals surface area contributed by atoms with E-state index in [1.54, 1.807) is 0 Å². The molecule has 0 spiro atoms. The molecule has 0 aromatic carbocycles. The topological polar surface area (TPSA) is 0 Å². The first kappa shape index (κ1) is 22.9. The number of hydrogen-bond acceptors (Lipinski definition) is 0. The van der Waals surface area contributed by atoms with Crippen LogP contribution in [0.3, 0.4) is 0 Å². The molecule has 0 saturated heterocycles. The maximum absolute atomic E-state index is 4.32. The Balaban J connectivity index is 0.00000289. The van der Waals surface area contributed by atoms with Crippen LogP contribution >= 0.6 is 0 Å². The molecule has 0 heterocycles. The van der Waals surface area contributed by atoms with Gasteiger partial charge in [-0.2, -0.15) is 0 Å². The van der Waals surface area contributed by atoms with Crippen molar-refractivity contribution in [3.63, 3.8) is 0 Å². The molecule has 0 amide bonds. The van der Waals surface area contributed by atoms with Crippen molar-refractivity contribution in [2.75, 3.05) is 0 Å². The molecule has 0 aromatic rings. The lowest BCUT2D eigenvalue weighted by Crippen LogP contribution is -2.49. The van der Waals surface area contributed by atoms with Crippen LogP contribution in [0.25, 0.3) is 0 Å². The van der Waals surface area contributed by atoms with Gasteiger partial charge in [-0.3, -0.25) is 0 Å². The zero-order valence-electron chi connectivity index (χ0n) is 20.6. The van der Waals surface area contributed by atoms with Crippen LogP contribution in [-0.4, -0.2) is 0 Å². The molecule has 0 aromatic heterocycles. The highest BCUT2D eigenvalue weighted by Gasteiger charge is 2.58. The van der Waals surface area contributed by atoms with E-state index in [0.717, 1.165) is 41.6 Å². The minimum Gasteiger partial charge on any atom is -0.0990 e. The van der Waals surface area contributed by atoms with Crippen molar-refractivity contribution in [1.29, 1.82) is 0 Å². The summed E-state index contributed by atoms with van der Waals surface area (Å²) >= 11 is 0. The SMILES string of the molecule is C=C/C=C(\C=C)C(=C)CCCC1CCC2C3CC=C4CC(C)CCC4(C)C3CCC12C.[HH]. The summed E-state index contributed by atoms with van der Waals surface area (Å²) in [6, 6.07) is 0. The number of rotatable bonds is 7. The fraction of sp³-hybridized carbons (Fsp3) is 0.677. The summed E-state index contributed by atoms with van der Waals surface area (Å²) < 4.78 is 0. The minimum atomic E-state index is 0. The van der Waals surface area contributed by atoms with Crippen LogP contribution in [0, 0.1) is 40.4 Å². The first-order valence-electron chi connectivity index (χ1n) is 13.2. The van der Waals surface area contributed by atoms with Crippen molar-refractivity contribution in [1.82, 2.24) is 0 Å². The van der Waals surface area contributed by atoms with E-state index in [0.29, 0.717) is 10.8 Å². The van der Waals surface area contributed by atoms with Gasteiger partial charge in [0.2, 0.25) is 0 Å². The van der Waals surface area contributed by atoms with Crippen LogP contribution in [0.4, 0.5) is 0 Å². The molecule has 0 nitrogen and oxygen atoms in total. The second-order valence-electron chi connectivity index (χ2n) is 12.0. The van der Waals surface area contributed by atoms with Crippen molar-refractivity contribution < 1.29 is 1.43 Å². The third kappa shape index (κ3) is 3.98. The van der Waals surface area contributed by atoms with Gasteiger partial charge in [-0.1, -0.05) is 70.4 Å². The molecule has 3 saturated carbocycles. The predicted octanol–water partition coefficient (Wildman–Crippen LogP) is 9.47. The van der Waals surface area contributed by atoms with Gasteiger partial charge in [0.15, 0.2) is 0 Å². The first-order chi connectivity index (χ1) is 14.8. The Morgan fingerprint density at radius 3 is 2.68 bits per heavy atom. The fourth-order valence-corrected chi connectivity index (χ4v) is 8.59. The van der Waals surface area contributed by atoms with E-state index in [-0.39, 0.29) is 1.43 Å². The van der Waals surface area contributed by atoms with E-state index in [4.69, 9.17) is 0 Å². The van der Waals surface area contributed by atoms with Gasteiger partial charge in [0, 0.05) is 1.43 Å². The highest BCUT2D eigenvalue weighted by atomic mass is 14.6. The number of hydrogen-bond donors (Lipinski definition) is 0. The van der Waals surface area contributed by atoms with Crippen molar-refractivity contribution in [2.45, 2.75) is 91.4 Å². The molecule has 7 atom stereocenters. The van der Waals surface area contributed by atoms with Crippen LogP contribution in [0.1, 0.15) is 92.8 Å². The van der Waals surface area contributed by atoms with Gasteiger partial charge in [-0.15, -0.1) is 0 Å². The van der Waals surface area contributed by atoms with E-state index >= 15 is 0 Å². The Kier molecular flexibility index (Phi) is 6.58. The molecule has 4 rings (SSSR count). The molecule has 31 heavy (non-hydrogen) atoms. The summed E-state index contributed by atoms with van der Waals surface area (Å²) in [5, 5.41) is 0. The highest BCUT2D eigenvalue weighted by molar-refractivity contribution is 5.39. The summed E-state index contributed by atoms with van der Waals surface area (Å²) in [6.45, 7) is 19.9. The van der Waals surface area contributed by atoms with Crippen LogP contribution in [-0.2, 0) is 0 Å². The molecule has 0 N–H and O–H groups in total. The largest absolute Gasteiger partial charge is 0.0990 e. The van der Waals surface area contributed by atoms with Crippen LogP contribution < -0.4 is 0 Å². The van der Waals surface area contributed by atoms with Gasteiger partial charge < -0.3 is 0 Å². The molecular weight excluding hydrogens is 372 g/mol. The van der Waals surface area contributed by atoms with Gasteiger partial charge in [-0.25, -0.2) is 0 Å². The summed E-state index contributed by atoms with van der Waals surface area (Å²) in [6.07, 6.45) is 23.8. The zero-order chi connectivity index (χ0) is 22.2. The lowest BCUT2D eigenvalue weighted by molar-refractivity contribution is -0.0449. The number of allylic oxidation sites excluding steroid dienone is 7. The van der Waals surface area contributed by atoms with Gasteiger partial charge in [0.25, 0.3) is 0 Å². The molecule has 0 aliphatic heterocycles. The highest BCUT2D eigenvalue weighted by Crippen LogP contribution is 2.67.